The number of hydrogen-bond acceptors (Lipinski definition) is 2. The highest BCUT2D eigenvalue weighted by molar-refractivity contribution is 9.10. The van der Waals surface area contributed by atoms with Crippen molar-refractivity contribution in [1.82, 2.24) is 10.2 Å². The minimum atomic E-state index is 0.0193. The van der Waals surface area contributed by atoms with Crippen molar-refractivity contribution in [1.29, 1.82) is 0 Å². The number of likely N-dealkylation sites (N-methyl/N-ethyl adjacent to an activating group) is 1. The van der Waals surface area contributed by atoms with Crippen molar-refractivity contribution >= 4 is 21.8 Å². The number of carbonyl (C=O) groups excluding carboxylic acids is 1. The van der Waals surface area contributed by atoms with E-state index in [0.29, 0.717) is 0 Å². The smallest absolute Gasteiger partial charge is 0.252 e. The summed E-state index contributed by atoms with van der Waals surface area (Å²) in [6.45, 7) is 4.06. The number of benzene rings is 1. The number of rotatable bonds is 2. The zero-order valence-electron chi connectivity index (χ0n) is 10.9. The van der Waals surface area contributed by atoms with E-state index in [9.17, 15) is 4.79 Å². The second kappa shape index (κ2) is 5.85. The van der Waals surface area contributed by atoms with E-state index in [1.807, 2.05) is 25.1 Å². The minimum absolute atomic E-state index is 0.0193. The van der Waals surface area contributed by atoms with Crippen LogP contribution in [0.1, 0.15) is 28.8 Å². The number of likely N-dealkylation sites (tertiary alicyclic amines) is 1. The normalized spacial score (nSPS) is 20.7. The number of hydrogen-bond donors (Lipinski definition) is 1. The molecule has 0 saturated carbocycles. The Balaban J connectivity index is 2.05. The van der Waals surface area contributed by atoms with Gasteiger partial charge < -0.3 is 10.2 Å². The summed E-state index contributed by atoms with van der Waals surface area (Å²) in [4.78, 5) is 14.5. The largest absolute Gasteiger partial charge is 0.348 e. The van der Waals surface area contributed by atoms with Gasteiger partial charge in [-0.25, -0.2) is 0 Å². The summed E-state index contributed by atoms with van der Waals surface area (Å²) in [5.41, 5.74) is 1.81. The van der Waals surface area contributed by atoms with Gasteiger partial charge in [0, 0.05) is 17.1 Å². The molecule has 1 aromatic carbocycles. The van der Waals surface area contributed by atoms with Gasteiger partial charge in [0.15, 0.2) is 0 Å². The Labute approximate surface area is 117 Å². The summed E-state index contributed by atoms with van der Waals surface area (Å²) < 4.78 is 0.895. The Bertz CT molecular complexity index is 447. The molecule has 2 rings (SSSR count). The van der Waals surface area contributed by atoms with Crippen LogP contribution in [0.15, 0.2) is 22.7 Å². The van der Waals surface area contributed by atoms with E-state index in [2.05, 4.69) is 33.2 Å². The van der Waals surface area contributed by atoms with Crippen molar-refractivity contribution in [3.05, 3.63) is 33.8 Å². The van der Waals surface area contributed by atoms with Gasteiger partial charge in [-0.05, 0) is 60.9 Å². The van der Waals surface area contributed by atoms with Crippen molar-refractivity contribution in [3.8, 4) is 0 Å². The van der Waals surface area contributed by atoms with Gasteiger partial charge in [-0.2, -0.15) is 0 Å². The molecule has 1 heterocycles. The third kappa shape index (κ3) is 3.12. The molecular formula is C14H19BrN2O. The van der Waals surface area contributed by atoms with Gasteiger partial charge in [0.25, 0.3) is 5.91 Å². The Morgan fingerprint density at radius 1 is 1.50 bits per heavy atom. The molecule has 1 unspecified atom stereocenters. The van der Waals surface area contributed by atoms with Crippen LogP contribution in [0.5, 0.6) is 0 Å². The average molecular weight is 311 g/mol. The lowest BCUT2D eigenvalue weighted by molar-refractivity contribution is 0.0911. The molecule has 1 aromatic rings. The highest BCUT2D eigenvalue weighted by atomic mass is 79.9. The standard InChI is InChI=1S/C14H19BrN2O/c1-10-5-3-7-12(13(10)15)14(18)16-11-6-4-8-17(2)9-11/h3,5,7,11H,4,6,8-9H2,1-2H3,(H,16,18). The average Bonchev–Trinajstić information content (AvgIpc) is 2.32. The number of carbonyl (C=O) groups is 1. The lowest BCUT2D eigenvalue weighted by Crippen LogP contribution is -2.46. The summed E-state index contributed by atoms with van der Waals surface area (Å²) in [5.74, 6) is 0.0193. The molecule has 1 aliphatic rings. The van der Waals surface area contributed by atoms with Gasteiger partial charge in [0.2, 0.25) is 0 Å². The molecule has 3 nitrogen and oxygen atoms in total. The summed E-state index contributed by atoms with van der Waals surface area (Å²) in [6.07, 6.45) is 2.22. The molecule has 0 spiro atoms. The molecule has 4 heteroatoms. The van der Waals surface area contributed by atoms with E-state index in [-0.39, 0.29) is 11.9 Å². The molecule has 1 atom stereocenters. The second-order valence-electron chi connectivity index (χ2n) is 5.01. The number of nitrogens with zero attached hydrogens (tertiary/aromatic N) is 1. The number of nitrogens with one attached hydrogen (secondary N) is 1. The van der Waals surface area contributed by atoms with Gasteiger partial charge in [0.05, 0.1) is 5.56 Å². The maximum atomic E-state index is 12.2. The maximum Gasteiger partial charge on any atom is 0.252 e. The van der Waals surface area contributed by atoms with Gasteiger partial charge in [-0.1, -0.05) is 12.1 Å². The highest BCUT2D eigenvalue weighted by Crippen LogP contribution is 2.21. The van der Waals surface area contributed by atoms with E-state index in [0.717, 1.165) is 41.5 Å². The number of amides is 1. The zero-order chi connectivity index (χ0) is 13.1. The first-order chi connectivity index (χ1) is 8.58. The quantitative estimate of drug-likeness (QED) is 0.910. The fraction of sp³-hybridized carbons (Fsp3) is 0.500. The third-order valence-corrected chi connectivity index (χ3v) is 4.45. The molecule has 1 fully saturated rings. The van der Waals surface area contributed by atoms with Crippen LogP contribution in [0.4, 0.5) is 0 Å². The molecule has 1 aliphatic heterocycles. The first-order valence-corrected chi connectivity index (χ1v) is 7.11. The number of aryl methyl sites for hydroxylation is 1. The second-order valence-corrected chi connectivity index (χ2v) is 5.80. The van der Waals surface area contributed by atoms with E-state index in [4.69, 9.17) is 0 Å². The van der Waals surface area contributed by atoms with Crippen LogP contribution in [0.2, 0.25) is 0 Å². The number of piperidine rings is 1. The zero-order valence-corrected chi connectivity index (χ0v) is 12.5. The Morgan fingerprint density at radius 3 is 3.00 bits per heavy atom. The fourth-order valence-corrected chi connectivity index (χ4v) is 2.81. The monoisotopic (exact) mass is 310 g/mol. The van der Waals surface area contributed by atoms with Crippen LogP contribution in [-0.2, 0) is 0 Å². The predicted molar refractivity (Wildman–Crippen MR) is 76.9 cm³/mol. The molecule has 1 amide bonds. The molecule has 0 aromatic heterocycles. The van der Waals surface area contributed by atoms with Crippen LogP contribution < -0.4 is 5.32 Å². The van der Waals surface area contributed by atoms with Gasteiger partial charge in [-0.15, -0.1) is 0 Å². The highest BCUT2D eigenvalue weighted by Gasteiger charge is 2.20. The summed E-state index contributed by atoms with van der Waals surface area (Å²) in [5, 5.41) is 3.12. The summed E-state index contributed by atoms with van der Waals surface area (Å²) >= 11 is 3.49. The lowest BCUT2D eigenvalue weighted by atomic mass is 10.1. The maximum absolute atomic E-state index is 12.2. The van der Waals surface area contributed by atoms with Crippen molar-refractivity contribution in [2.45, 2.75) is 25.8 Å². The van der Waals surface area contributed by atoms with Crippen molar-refractivity contribution in [3.63, 3.8) is 0 Å². The summed E-state index contributed by atoms with van der Waals surface area (Å²) in [6, 6.07) is 6.04. The molecule has 0 bridgehead atoms. The third-order valence-electron chi connectivity index (χ3n) is 3.40. The molecule has 1 saturated heterocycles. The van der Waals surface area contributed by atoms with E-state index < -0.39 is 0 Å². The minimum Gasteiger partial charge on any atom is -0.348 e. The lowest BCUT2D eigenvalue weighted by Gasteiger charge is -2.30. The molecule has 0 aliphatic carbocycles. The molecule has 1 N–H and O–H groups in total. The molecule has 0 radical (unpaired) electrons. The van der Waals surface area contributed by atoms with Gasteiger partial charge >= 0.3 is 0 Å². The van der Waals surface area contributed by atoms with Gasteiger partial charge in [0.1, 0.15) is 0 Å². The molecule has 18 heavy (non-hydrogen) atoms. The SMILES string of the molecule is Cc1cccc(C(=O)NC2CCCN(C)C2)c1Br. The first-order valence-electron chi connectivity index (χ1n) is 6.32. The Kier molecular flexibility index (Phi) is 4.40. The van der Waals surface area contributed by atoms with Crippen molar-refractivity contribution in [2.24, 2.45) is 0 Å². The number of halogens is 1. The van der Waals surface area contributed by atoms with Crippen LogP contribution >= 0.6 is 15.9 Å². The molecule has 98 valence electrons. The van der Waals surface area contributed by atoms with Crippen molar-refractivity contribution in [2.75, 3.05) is 20.1 Å². The van der Waals surface area contributed by atoms with Crippen LogP contribution in [0.25, 0.3) is 0 Å². The fourth-order valence-electron chi connectivity index (χ4n) is 2.37. The Hall–Kier alpha value is -0.870. The van der Waals surface area contributed by atoms with Crippen LogP contribution in [-0.4, -0.2) is 37.0 Å². The topological polar surface area (TPSA) is 32.3 Å². The van der Waals surface area contributed by atoms with E-state index >= 15 is 0 Å². The van der Waals surface area contributed by atoms with Gasteiger partial charge in [-0.3, -0.25) is 4.79 Å². The van der Waals surface area contributed by atoms with E-state index in [1.165, 1.54) is 0 Å². The predicted octanol–water partition coefficient (Wildman–Crippen LogP) is 2.58. The molecular weight excluding hydrogens is 292 g/mol. The first kappa shape index (κ1) is 13.6. The van der Waals surface area contributed by atoms with Crippen molar-refractivity contribution < 1.29 is 4.79 Å². The Morgan fingerprint density at radius 2 is 2.28 bits per heavy atom. The van der Waals surface area contributed by atoms with Crippen LogP contribution in [0, 0.1) is 6.92 Å². The van der Waals surface area contributed by atoms with Crippen LogP contribution in [0.3, 0.4) is 0 Å². The summed E-state index contributed by atoms with van der Waals surface area (Å²) in [7, 11) is 2.10. The van der Waals surface area contributed by atoms with E-state index in [1.54, 1.807) is 0 Å².